The lowest BCUT2D eigenvalue weighted by Gasteiger charge is -2.42. The van der Waals surface area contributed by atoms with Crippen molar-refractivity contribution in [2.45, 2.75) is 67.6 Å². The lowest BCUT2D eigenvalue weighted by Crippen LogP contribution is -2.72. The minimum absolute atomic E-state index is 0.102. The van der Waals surface area contributed by atoms with Gasteiger partial charge in [0.2, 0.25) is 0 Å². The third-order valence-electron chi connectivity index (χ3n) is 4.68. The summed E-state index contributed by atoms with van der Waals surface area (Å²) in [5.41, 5.74) is -3.93. The molecule has 0 aliphatic heterocycles. The lowest BCUT2D eigenvalue weighted by atomic mass is 9.82. The number of alkyl halides is 15. The zero-order valence-electron chi connectivity index (χ0n) is 16.1. The molecule has 0 fully saturated rings. The molecule has 0 aromatic heterocycles. The van der Waals surface area contributed by atoms with Gasteiger partial charge >= 0.3 is 41.7 Å². The maximum Gasteiger partial charge on any atom is 0.460 e. The molecule has 1 aromatic carbocycles. The van der Waals surface area contributed by atoms with Crippen molar-refractivity contribution < 1.29 is 71.0 Å². The van der Waals surface area contributed by atoms with Gasteiger partial charge in [-0.05, 0) is 25.0 Å². The minimum atomic E-state index is -8.35. The molecule has 33 heavy (non-hydrogen) atoms. The van der Waals surface area contributed by atoms with Crippen molar-refractivity contribution in [2.75, 3.05) is 0 Å². The molecule has 0 saturated heterocycles. The topological polar surface area (TPSA) is 20.2 Å². The summed E-state index contributed by atoms with van der Waals surface area (Å²) in [6, 6.07) is 4.24. The average molecular weight is 518 g/mol. The highest BCUT2D eigenvalue weighted by atomic mass is 19.4. The van der Waals surface area contributed by atoms with Crippen LogP contribution in [0.4, 0.5) is 65.9 Å². The Morgan fingerprint density at radius 1 is 0.606 bits per heavy atom. The van der Waals surface area contributed by atoms with Gasteiger partial charge in [-0.15, -0.1) is 0 Å². The lowest BCUT2D eigenvalue weighted by molar-refractivity contribution is -0.453. The zero-order valence-corrected chi connectivity index (χ0v) is 16.1. The second-order valence-corrected chi connectivity index (χ2v) is 7.34. The molecule has 1 unspecified atom stereocenters. The Balaban J connectivity index is 3.56. The summed E-state index contributed by atoms with van der Waals surface area (Å²) in [5.74, 6) is -47.0. The number of rotatable bonds is 8. The maximum absolute atomic E-state index is 14.1. The summed E-state index contributed by atoms with van der Waals surface area (Å²) in [6.45, 7) is 1.45. The summed E-state index contributed by atoms with van der Waals surface area (Å²) in [5, 5.41) is 10.1. The van der Waals surface area contributed by atoms with Gasteiger partial charge in [-0.1, -0.05) is 24.3 Å². The van der Waals surface area contributed by atoms with Gasteiger partial charge in [-0.25, -0.2) is 0 Å². The van der Waals surface area contributed by atoms with Crippen LogP contribution in [0, 0.1) is 6.92 Å². The van der Waals surface area contributed by atoms with Crippen molar-refractivity contribution >= 4 is 0 Å². The predicted octanol–water partition coefficient (Wildman–Crippen LogP) is 6.97. The van der Waals surface area contributed by atoms with Crippen molar-refractivity contribution in [3.63, 3.8) is 0 Å². The number of hydrogen-bond donors (Lipinski definition) is 1. The zero-order chi connectivity index (χ0) is 26.7. The van der Waals surface area contributed by atoms with E-state index in [9.17, 15) is 71.0 Å². The van der Waals surface area contributed by atoms with Crippen molar-refractivity contribution in [3.8, 4) is 0 Å². The van der Waals surface area contributed by atoms with Crippen molar-refractivity contribution in [1.82, 2.24) is 0 Å². The molecule has 1 atom stereocenters. The molecular weight excluding hydrogens is 505 g/mol. The van der Waals surface area contributed by atoms with Gasteiger partial charge in [0, 0.05) is 0 Å². The molecule has 0 bridgehead atoms. The highest BCUT2D eigenvalue weighted by Crippen LogP contribution is 2.63. The Labute approximate surface area is 175 Å². The molecule has 0 aliphatic carbocycles. The third kappa shape index (κ3) is 4.22. The fourth-order valence-electron chi connectivity index (χ4n) is 2.81. The van der Waals surface area contributed by atoms with Crippen LogP contribution in [0.2, 0.25) is 0 Å². The Kier molecular flexibility index (Phi) is 6.92. The third-order valence-corrected chi connectivity index (χ3v) is 4.68. The largest absolute Gasteiger partial charge is 0.460 e. The van der Waals surface area contributed by atoms with Gasteiger partial charge in [0.1, 0.15) is 0 Å². The highest BCUT2D eigenvalue weighted by molar-refractivity contribution is 5.31. The van der Waals surface area contributed by atoms with E-state index in [0.717, 1.165) is 25.1 Å². The predicted molar refractivity (Wildman–Crippen MR) is 81.1 cm³/mol. The van der Waals surface area contributed by atoms with Gasteiger partial charge in [0.25, 0.3) is 0 Å². The summed E-state index contributed by atoms with van der Waals surface area (Å²) in [4.78, 5) is 0. The molecule has 0 radical (unpaired) electrons. The first-order valence-corrected chi connectivity index (χ1v) is 8.34. The fraction of sp³-hybridized carbons (Fsp3) is 0.647. The van der Waals surface area contributed by atoms with Crippen LogP contribution in [-0.2, 0) is 5.60 Å². The van der Waals surface area contributed by atoms with Crippen molar-refractivity contribution in [3.05, 3.63) is 35.4 Å². The molecule has 1 N–H and O–H groups in total. The van der Waals surface area contributed by atoms with E-state index >= 15 is 0 Å². The first-order chi connectivity index (χ1) is 14.2. The molecule has 0 heterocycles. The van der Waals surface area contributed by atoms with Crippen LogP contribution in [0.25, 0.3) is 0 Å². The monoisotopic (exact) mass is 518 g/mol. The molecule has 0 aliphatic rings. The van der Waals surface area contributed by atoms with E-state index in [4.69, 9.17) is 0 Å². The minimum Gasteiger partial charge on any atom is -0.385 e. The molecule has 192 valence electrons. The van der Waals surface area contributed by atoms with Gasteiger partial charge < -0.3 is 5.11 Å². The second-order valence-electron chi connectivity index (χ2n) is 7.34. The normalized spacial score (nSPS) is 17.2. The number of hydrogen-bond acceptors (Lipinski definition) is 1. The van der Waals surface area contributed by atoms with Crippen LogP contribution in [0.5, 0.6) is 0 Å². The molecule has 1 rings (SSSR count). The van der Waals surface area contributed by atoms with E-state index in [1.54, 1.807) is 0 Å². The number of aryl methyl sites for hydroxylation is 1. The molecule has 0 amide bonds. The number of benzene rings is 1. The first kappa shape index (κ1) is 29.2. The fourth-order valence-corrected chi connectivity index (χ4v) is 2.81. The van der Waals surface area contributed by atoms with Crippen LogP contribution in [0.15, 0.2) is 24.3 Å². The van der Waals surface area contributed by atoms with Crippen LogP contribution in [0.3, 0.4) is 0 Å². The molecule has 0 spiro atoms. The van der Waals surface area contributed by atoms with Crippen LogP contribution < -0.4 is 0 Å². The summed E-state index contributed by atoms with van der Waals surface area (Å²) < 4.78 is 199. The Morgan fingerprint density at radius 2 is 0.970 bits per heavy atom. The van der Waals surface area contributed by atoms with E-state index in [2.05, 4.69) is 0 Å². The number of aliphatic hydroxyl groups is 1. The Morgan fingerprint density at radius 3 is 1.36 bits per heavy atom. The smallest absolute Gasteiger partial charge is 0.385 e. The van der Waals surface area contributed by atoms with Gasteiger partial charge in [0.05, 0.1) is 12.0 Å². The van der Waals surface area contributed by atoms with Crippen molar-refractivity contribution in [1.29, 1.82) is 0 Å². The van der Waals surface area contributed by atoms with Crippen LogP contribution >= 0.6 is 0 Å². The van der Waals surface area contributed by atoms with Gasteiger partial charge in [-0.3, -0.25) is 0 Å². The van der Waals surface area contributed by atoms with E-state index in [1.807, 2.05) is 0 Å². The highest BCUT2D eigenvalue weighted by Gasteiger charge is 2.93. The molecule has 1 aromatic rings. The number of halogens is 15. The SMILES string of the molecule is Cc1ccccc1C(C)(O)CC(F)(F)C(F)(F)C(F)(F)C(F)(F)C(F)(F)C(F)(F)C(F)(F)F. The van der Waals surface area contributed by atoms with Crippen molar-refractivity contribution in [2.24, 2.45) is 0 Å². The quantitative estimate of drug-likeness (QED) is 0.369. The molecule has 0 saturated carbocycles. The Hall–Kier alpha value is -1.87. The first-order valence-electron chi connectivity index (χ1n) is 8.34. The van der Waals surface area contributed by atoms with E-state index in [0.29, 0.717) is 6.92 Å². The standard InChI is InChI=1S/C17H13F15O/c1-8-5-3-4-6-9(8)10(2,33)7-11(18,19)12(20,21)13(22,23)14(24,25)15(26,27)16(28,29)17(30,31)32/h3-6,33H,7H2,1-2H3. The molecule has 16 heteroatoms. The molecular formula is C17H13F15O. The molecule has 1 nitrogen and oxygen atoms in total. The van der Waals surface area contributed by atoms with Gasteiger partial charge in [0.15, 0.2) is 0 Å². The van der Waals surface area contributed by atoms with E-state index in [-0.39, 0.29) is 5.56 Å². The van der Waals surface area contributed by atoms with Gasteiger partial charge in [-0.2, -0.15) is 65.9 Å². The van der Waals surface area contributed by atoms with E-state index < -0.39 is 59.3 Å². The summed E-state index contributed by atoms with van der Waals surface area (Å²) in [7, 11) is 0. The average Bonchev–Trinajstić information content (AvgIpc) is 2.59. The Bertz CT molecular complexity index is 854. The van der Waals surface area contributed by atoms with E-state index in [1.165, 1.54) is 6.07 Å². The van der Waals surface area contributed by atoms with Crippen LogP contribution in [0.1, 0.15) is 24.5 Å². The second kappa shape index (κ2) is 7.83. The maximum atomic E-state index is 14.1. The summed E-state index contributed by atoms with van der Waals surface area (Å²) >= 11 is 0. The van der Waals surface area contributed by atoms with Crippen LogP contribution in [-0.4, -0.2) is 46.8 Å². The summed E-state index contributed by atoms with van der Waals surface area (Å²) in [6.07, 6.45) is -10.5.